The predicted octanol–water partition coefficient (Wildman–Crippen LogP) is 2.44. The molecule has 0 radical (unpaired) electrons. The van der Waals surface area contributed by atoms with Gasteiger partial charge in [-0.25, -0.2) is 0 Å². The van der Waals surface area contributed by atoms with Crippen LogP contribution >= 0.6 is 7.14 Å². The largest absolute Gasteiger partial charge is 0.481 e. The molecule has 82 valence electrons. The Hall–Kier alpha value is -1.08. The minimum absolute atomic E-state index is 0.0379. The maximum absolute atomic E-state index is 11.6. The van der Waals surface area contributed by atoms with Gasteiger partial charge in [0.15, 0.2) is 0 Å². The molecule has 4 heteroatoms. The van der Waals surface area contributed by atoms with Crippen molar-refractivity contribution in [2.75, 3.05) is 13.3 Å². The summed E-state index contributed by atoms with van der Waals surface area (Å²) in [5.41, 5.74) is 1.77. The van der Waals surface area contributed by atoms with E-state index in [1.165, 1.54) is 0 Å². The maximum Gasteiger partial charge on any atom is 0.307 e. The number of carboxylic acids is 1. The van der Waals surface area contributed by atoms with Gasteiger partial charge in [0.25, 0.3) is 0 Å². The molecular weight excluding hydrogens is 211 g/mol. The summed E-state index contributed by atoms with van der Waals surface area (Å²) >= 11 is 0. The lowest BCUT2D eigenvalue weighted by Crippen LogP contribution is -1.99. The van der Waals surface area contributed by atoms with Crippen LogP contribution in [0.2, 0.25) is 0 Å². The molecule has 0 aromatic heterocycles. The Balaban J connectivity index is 2.72. The number of rotatable bonds is 4. The van der Waals surface area contributed by atoms with Crippen molar-refractivity contribution in [2.24, 2.45) is 0 Å². The molecule has 1 aromatic carbocycles. The molecule has 0 aliphatic heterocycles. The van der Waals surface area contributed by atoms with Gasteiger partial charge >= 0.3 is 5.97 Å². The van der Waals surface area contributed by atoms with Crippen LogP contribution in [0.1, 0.15) is 11.1 Å². The second kappa shape index (κ2) is 4.63. The third kappa shape index (κ3) is 4.80. The fourth-order valence-corrected chi connectivity index (χ4v) is 2.47. The van der Waals surface area contributed by atoms with E-state index in [9.17, 15) is 9.36 Å². The van der Waals surface area contributed by atoms with Crippen molar-refractivity contribution in [3.63, 3.8) is 0 Å². The van der Waals surface area contributed by atoms with Gasteiger partial charge in [-0.1, -0.05) is 24.3 Å². The minimum atomic E-state index is -2.05. The fraction of sp³-hybridized carbons (Fsp3) is 0.364. The summed E-state index contributed by atoms with van der Waals surface area (Å²) in [7, 11) is -2.05. The molecule has 0 atom stereocenters. The van der Waals surface area contributed by atoms with E-state index in [0.29, 0.717) is 6.16 Å². The normalized spacial score (nSPS) is 11.3. The molecular formula is C11H15O3P. The van der Waals surface area contributed by atoms with E-state index in [0.717, 1.165) is 11.1 Å². The highest BCUT2D eigenvalue weighted by atomic mass is 31.2. The van der Waals surface area contributed by atoms with E-state index in [1.54, 1.807) is 25.5 Å². The molecule has 0 aliphatic rings. The standard InChI is InChI=1S/C11H15O3P/c1-15(2,14)8-10-5-3-9(4-6-10)7-11(12)13/h3-6H,7-8H2,1-2H3,(H,12,13). The molecule has 0 saturated heterocycles. The zero-order chi connectivity index (χ0) is 11.5. The lowest BCUT2D eigenvalue weighted by Gasteiger charge is -2.06. The van der Waals surface area contributed by atoms with E-state index >= 15 is 0 Å². The molecule has 0 bridgehead atoms. The van der Waals surface area contributed by atoms with Gasteiger partial charge in [-0.15, -0.1) is 0 Å². The van der Waals surface area contributed by atoms with Crippen LogP contribution in [0.3, 0.4) is 0 Å². The summed E-state index contributed by atoms with van der Waals surface area (Å²) in [6.45, 7) is 3.50. The summed E-state index contributed by atoms with van der Waals surface area (Å²) < 4.78 is 11.6. The number of carbonyl (C=O) groups is 1. The Morgan fingerprint density at radius 1 is 1.20 bits per heavy atom. The molecule has 1 N–H and O–H groups in total. The molecule has 1 aromatic rings. The average molecular weight is 226 g/mol. The van der Waals surface area contributed by atoms with Crippen molar-refractivity contribution >= 4 is 13.1 Å². The summed E-state index contributed by atoms with van der Waals surface area (Å²) in [4.78, 5) is 10.4. The Kier molecular flexibility index (Phi) is 3.70. The molecule has 0 spiro atoms. The number of aliphatic carboxylic acids is 1. The Labute approximate surface area is 89.5 Å². The van der Waals surface area contributed by atoms with Gasteiger partial charge < -0.3 is 9.67 Å². The van der Waals surface area contributed by atoms with Crippen molar-refractivity contribution in [2.45, 2.75) is 12.6 Å². The second-order valence-electron chi connectivity index (χ2n) is 4.12. The van der Waals surface area contributed by atoms with Gasteiger partial charge in [0.05, 0.1) is 13.6 Å². The SMILES string of the molecule is CP(C)(=O)Cc1ccc(CC(=O)O)cc1. The van der Waals surface area contributed by atoms with Gasteiger partial charge in [0, 0.05) is 6.16 Å². The lowest BCUT2D eigenvalue weighted by molar-refractivity contribution is -0.136. The van der Waals surface area contributed by atoms with E-state index < -0.39 is 13.1 Å². The van der Waals surface area contributed by atoms with Gasteiger partial charge in [-0.2, -0.15) is 0 Å². The summed E-state index contributed by atoms with van der Waals surface area (Å²) in [5, 5.41) is 8.58. The van der Waals surface area contributed by atoms with Gasteiger partial charge in [0.2, 0.25) is 0 Å². The summed E-state index contributed by atoms with van der Waals surface area (Å²) in [6.07, 6.45) is 0.608. The number of hydrogen-bond acceptors (Lipinski definition) is 2. The Morgan fingerprint density at radius 3 is 2.07 bits per heavy atom. The molecule has 0 aliphatic carbocycles. The quantitative estimate of drug-likeness (QED) is 0.802. The van der Waals surface area contributed by atoms with Crippen molar-refractivity contribution in [3.8, 4) is 0 Å². The minimum Gasteiger partial charge on any atom is -0.481 e. The monoisotopic (exact) mass is 226 g/mol. The fourth-order valence-electron chi connectivity index (χ4n) is 1.38. The van der Waals surface area contributed by atoms with Crippen LogP contribution < -0.4 is 0 Å². The molecule has 0 amide bonds. The van der Waals surface area contributed by atoms with Gasteiger partial charge in [-0.3, -0.25) is 4.79 Å². The van der Waals surface area contributed by atoms with Gasteiger partial charge in [0.1, 0.15) is 0 Å². The summed E-state index contributed by atoms with van der Waals surface area (Å²) in [6, 6.07) is 7.24. The first kappa shape index (κ1) is 12.0. The molecule has 0 saturated carbocycles. The molecule has 1 rings (SSSR count). The van der Waals surface area contributed by atoms with Crippen molar-refractivity contribution < 1.29 is 14.5 Å². The van der Waals surface area contributed by atoms with E-state index in [1.807, 2.05) is 12.1 Å². The number of hydrogen-bond donors (Lipinski definition) is 1. The number of benzene rings is 1. The smallest absolute Gasteiger partial charge is 0.307 e. The topological polar surface area (TPSA) is 54.4 Å². The first-order chi connectivity index (χ1) is 6.87. The first-order valence-electron chi connectivity index (χ1n) is 4.70. The zero-order valence-electron chi connectivity index (χ0n) is 8.93. The average Bonchev–Trinajstić information content (AvgIpc) is 2.05. The predicted molar refractivity (Wildman–Crippen MR) is 60.9 cm³/mol. The molecule has 15 heavy (non-hydrogen) atoms. The molecule has 0 fully saturated rings. The Morgan fingerprint density at radius 2 is 1.67 bits per heavy atom. The van der Waals surface area contributed by atoms with Crippen LogP contribution in [0.4, 0.5) is 0 Å². The molecule has 0 unspecified atom stereocenters. The number of carboxylic acid groups (broad SMARTS) is 1. The van der Waals surface area contributed by atoms with Crippen molar-refractivity contribution in [3.05, 3.63) is 35.4 Å². The zero-order valence-corrected chi connectivity index (χ0v) is 9.83. The van der Waals surface area contributed by atoms with Crippen LogP contribution in [-0.4, -0.2) is 24.4 Å². The highest BCUT2D eigenvalue weighted by Gasteiger charge is 2.08. The third-order valence-corrected chi connectivity index (χ3v) is 3.07. The van der Waals surface area contributed by atoms with Crippen LogP contribution in [0.25, 0.3) is 0 Å². The third-order valence-electron chi connectivity index (χ3n) is 1.94. The van der Waals surface area contributed by atoms with Crippen LogP contribution in [-0.2, 0) is 21.9 Å². The van der Waals surface area contributed by atoms with Gasteiger partial charge in [-0.05, 0) is 24.5 Å². The highest BCUT2D eigenvalue weighted by Crippen LogP contribution is 2.40. The maximum atomic E-state index is 11.6. The first-order valence-corrected chi connectivity index (χ1v) is 7.49. The highest BCUT2D eigenvalue weighted by molar-refractivity contribution is 7.61. The lowest BCUT2D eigenvalue weighted by atomic mass is 10.1. The Bertz CT molecular complexity index is 389. The van der Waals surface area contributed by atoms with Crippen LogP contribution in [0.15, 0.2) is 24.3 Å². The van der Waals surface area contributed by atoms with E-state index in [-0.39, 0.29) is 6.42 Å². The molecule has 0 heterocycles. The van der Waals surface area contributed by atoms with Crippen molar-refractivity contribution in [1.29, 1.82) is 0 Å². The van der Waals surface area contributed by atoms with Crippen LogP contribution in [0.5, 0.6) is 0 Å². The van der Waals surface area contributed by atoms with E-state index in [2.05, 4.69) is 0 Å². The van der Waals surface area contributed by atoms with Crippen LogP contribution in [0, 0.1) is 0 Å². The van der Waals surface area contributed by atoms with Crippen molar-refractivity contribution in [1.82, 2.24) is 0 Å². The second-order valence-corrected chi connectivity index (χ2v) is 7.58. The molecule has 3 nitrogen and oxygen atoms in total. The van der Waals surface area contributed by atoms with E-state index in [4.69, 9.17) is 5.11 Å². The summed E-state index contributed by atoms with van der Waals surface area (Å²) in [5.74, 6) is -0.834.